The number of benzene rings is 1. The van der Waals surface area contributed by atoms with Gasteiger partial charge in [-0.1, -0.05) is 24.4 Å². The lowest BCUT2D eigenvalue weighted by atomic mass is 10.1. The van der Waals surface area contributed by atoms with Gasteiger partial charge in [-0.25, -0.2) is 0 Å². The highest BCUT2D eigenvalue weighted by atomic mass is 32.1. The number of ether oxygens (including phenoxy) is 2. The fourth-order valence-electron chi connectivity index (χ4n) is 1.77. The molecule has 1 unspecified atom stereocenters. The summed E-state index contributed by atoms with van der Waals surface area (Å²) in [5, 5.41) is 2.78. The summed E-state index contributed by atoms with van der Waals surface area (Å²) >= 11 is 4.84. The normalized spacial score (nSPS) is 18.8. The van der Waals surface area contributed by atoms with Crippen LogP contribution in [0.3, 0.4) is 0 Å². The summed E-state index contributed by atoms with van der Waals surface area (Å²) in [5.41, 5.74) is 7.20. The summed E-state index contributed by atoms with van der Waals surface area (Å²) in [7, 11) is 0. The van der Waals surface area contributed by atoms with Crippen LogP contribution in [0.2, 0.25) is 0 Å². The van der Waals surface area contributed by atoms with E-state index in [1.165, 1.54) is 0 Å². The average molecular weight is 280 g/mol. The first-order valence-electron chi connectivity index (χ1n) is 6.02. The largest absolute Gasteiger partial charge is 0.393 e. The molecule has 6 heteroatoms. The summed E-state index contributed by atoms with van der Waals surface area (Å²) in [4.78, 5) is 12.3. The van der Waals surface area contributed by atoms with Crippen LogP contribution in [0.25, 0.3) is 0 Å². The van der Waals surface area contributed by atoms with Crippen molar-refractivity contribution < 1.29 is 14.3 Å². The predicted molar refractivity (Wildman–Crippen MR) is 76.1 cm³/mol. The maximum absolute atomic E-state index is 11.9. The fourth-order valence-corrected chi connectivity index (χ4v) is 1.94. The van der Waals surface area contributed by atoms with Crippen molar-refractivity contribution in [3.8, 4) is 0 Å². The topological polar surface area (TPSA) is 73.6 Å². The first-order chi connectivity index (χ1) is 9.15. The second-order valence-corrected chi connectivity index (χ2v) is 4.79. The van der Waals surface area contributed by atoms with Crippen molar-refractivity contribution in [1.29, 1.82) is 0 Å². The Kier molecular flexibility index (Phi) is 4.84. The molecule has 0 saturated carbocycles. The minimum Gasteiger partial charge on any atom is -0.393 e. The lowest BCUT2D eigenvalue weighted by Crippen LogP contribution is -2.39. The van der Waals surface area contributed by atoms with Crippen LogP contribution < -0.4 is 11.1 Å². The first-order valence-corrected chi connectivity index (χ1v) is 6.43. The van der Waals surface area contributed by atoms with Crippen LogP contribution in [-0.2, 0) is 20.7 Å². The standard InChI is InChI=1S/C13H16N2O3S/c14-12(19)7-9-1-3-10(4-2-9)15-13(16)11-8-17-5-6-18-11/h1-4,11H,5-8H2,(H2,14,19)(H,15,16). The van der Waals surface area contributed by atoms with Gasteiger partial charge >= 0.3 is 0 Å². The van der Waals surface area contributed by atoms with E-state index in [2.05, 4.69) is 5.32 Å². The number of amides is 1. The summed E-state index contributed by atoms with van der Waals surface area (Å²) in [6, 6.07) is 7.39. The highest BCUT2D eigenvalue weighted by Gasteiger charge is 2.22. The molecule has 0 radical (unpaired) electrons. The molecule has 0 spiro atoms. The highest BCUT2D eigenvalue weighted by molar-refractivity contribution is 7.80. The van der Waals surface area contributed by atoms with E-state index in [9.17, 15) is 4.79 Å². The van der Waals surface area contributed by atoms with Gasteiger partial charge in [0, 0.05) is 12.1 Å². The van der Waals surface area contributed by atoms with E-state index < -0.39 is 6.10 Å². The number of hydrogen-bond donors (Lipinski definition) is 2. The third kappa shape index (κ3) is 4.27. The Bertz CT molecular complexity index is 455. The van der Waals surface area contributed by atoms with E-state index in [1.54, 1.807) is 0 Å². The Hall–Kier alpha value is -1.50. The van der Waals surface area contributed by atoms with Gasteiger partial charge < -0.3 is 20.5 Å². The Morgan fingerprint density at radius 2 is 2.11 bits per heavy atom. The van der Waals surface area contributed by atoms with Crippen molar-refractivity contribution in [3.63, 3.8) is 0 Å². The first kappa shape index (κ1) is 13.9. The second-order valence-electron chi connectivity index (χ2n) is 4.26. The minimum absolute atomic E-state index is 0.193. The molecule has 0 aromatic heterocycles. The van der Waals surface area contributed by atoms with Gasteiger partial charge in [-0.05, 0) is 17.7 Å². The van der Waals surface area contributed by atoms with E-state index in [4.69, 9.17) is 27.4 Å². The number of hydrogen-bond acceptors (Lipinski definition) is 4. The van der Waals surface area contributed by atoms with Gasteiger partial charge in [0.1, 0.15) is 0 Å². The predicted octanol–water partition coefficient (Wildman–Crippen LogP) is 0.869. The van der Waals surface area contributed by atoms with Gasteiger partial charge in [-0.3, -0.25) is 4.79 Å². The highest BCUT2D eigenvalue weighted by Crippen LogP contribution is 2.12. The third-order valence-electron chi connectivity index (χ3n) is 2.71. The molecule has 1 atom stereocenters. The van der Waals surface area contributed by atoms with Crippen LogP contribution in [0.1, 0.15) is 5.56 Å². The molecular weight excluding hydrogens is 264 g/mol. The van der Waals surface area contributed by atoms with Crippen molar-refractivity contribution in [2.24, 2.45) is 5.73 Å². The van der Waals surface area contributed by atoms with Crippen LogP contribution in [0.4, 0.5) is 5.69 Å². The Labute approximate surface area is 117 Å². The molecule has 1 aliphatic heterocycles. The van der Waals surface area contributed by atoms with Crippen molar-refractivity contribution in [3.05, 3.63) is 29.8 Å². The second kappa shape index (κ2) is 6.60. The smallest absolute Gasteiger partial charge is 0.255 e. The number of carbonyl (C=O) groups is 1. The number of anilines is 1. The van der Waals surface area contributed by atoms with Crippen molar-refractivity contribution >= 4 is 28.8 Å². The monoisotopic (exact) mass is 280 g/mol. The fraction of sp³-hybridized carbons (Fsp3) is 0.385. The van der Waals surface area contributed by atoms with E-state index in [0.717, 1.165) is 5.56 Å². The molecule has 2 rings (SSSR count). The van der Waals surface area contributed by atoms with Gasteiger partial charge in [-0.15, -0.1) is 0 Å². The summed E-state index contributed by atoms with van der Waals surface area (Å²) in [6.07, 6.45) is 0.0217. The molecule has 1 heterocycles. The molecule has 5 nitrogen and oxygen atoms in total. The van der Waals surface area contributed by atoms with Crippen LogP contribution in [0.15, 0.2) is 24.3 Å². The lowest BCUT2D eigenvalue weighted by Gasteiger charge is -2.22. The molecule has 0 aliphatic carbocycles. The van der Waals surface area contributed by atoms with Crippen LogP contribution in [-0.4, -0.2) is 36.8 Å². The molecule has 1 saturated heterocycles. The van der Waals surface area contributed by atoms with Gasteiger partial charge in [0.25, 0.3) is 5.91 Å². The molecule has 19 heavy (non-hydrogen) atoms. The average Bonchev–Trinajstić information content (AvgIpc) is 2.41. The molecule has 0 bridgehead atoms. The molecule has 1 amide bonds. The molecule has 3 N–H and O–H groups in total. The number of rotatable bonds is 4. The van der Waals surface area contributed by atoms with Crippen LogP contribution >= 0.6 is 12.2 Å². The molecule has 1 aromatic carbocycles. The van der Waals surface area contributed by atoms with E-state index in [-0.39, 0.29) is 5.91 Å². The van der Waals surface area contributed by atoms with E-state index in [1.807, 2.05) is 24.3 Å². The molecule has 1 fully saturated rings. The molecular formula is C13H16N2O3S. The van der Waals surface area contributed by atoms with Gasteiger partial charge in [0.15, 0.2) is 6.10 Å². The van der Waals surface area contributed by atoms with E-state index in [0.29, 0.717) is 36.9 Å². The van der Waals surface area contributed by atoms with Crippen molar-refractivity contribution in [2.75, 3.05) is 25.1 Å². The lowest BCUT2D eigenvalue weighted by molar-refractivity contribution is -0.142. The number of carbonyl (C=O) groups excluding carboxylic acids is 1. The maximum atomic E-state index is 11.9. The van der Waals surface area contributed by atoms with E-state index >= 15 is 0 Å². The molecule has 1 aliphatic rings. The van der Waals surface area contributed by atoms with Gasteiger partial charge in [-0.2, -0.15) is 0 Å². The molecule has 102 valence electrons. The SMILES string of the molecule is NC(=S)Cc1ccc(NC(=O)C2COCCO2)cc1. The van der Waals surface area contributed by atoms with Crippen LogP contribution in [0.5, 0.6) is 0 Å². The van der Waals surface area contributed by atoms with Crippen molar-refractivity contribution in [1.82, 2.24) is 0 Å². The molecule has 1 aromatic rings. The minimum atomic E-state index is -0.537. The quantitative estimate of drug-likeness (QED) is 0.801. The Morgan fingerprint density at radius 3 is 2.68 bits per heavy atom. The third-order valence-corrected chi connectivity index (χ3v) is 2.85. The zero-order valence-electron chi connectivity index (χ0n) is 10.4. The number of nitrogens with two attached hydrogens (primary N) is 1. The Balaban J connectivity index is 1.91. The van der Waals surface area contributed by atoms with Crippen molar-refractivity contribution in [2.45, 2.75) is 12.5 Å². The Morgan fingerprint density at radius 1 is 1.37 bits per heavy atom. The summed E-state index contributed by atoms with van der Waals surface area (Å²) in [6.45, 7) is 1.29. The summed E-state index contributed by atoms with van der Waals surface area (Å²) in [5.74, 6) is -0.193. The van der Waals surface area contributed by atoms with Gasteiger partial charge in [0.2, 0.25) is 0 Å². The zero-order chi connectivity index (χ0) is 13.7. The number of thiocarbonyl (C=S) groups is 1. The zero-order valence-corrected chi connectivity index (χ0v) is 11.2. The summed E-state index contributed by atoms with van der Waals surface area (Å²) < 4.78 is 10.5. The number of nitrogens with one attached hydrogen (secondary N) is 1. The van der Waals surface area contributed by atoms with Gasteiger partial charge in [0.05, 0.1) is 24.8 Å². The maximum Gasteiger partial charge on any atom is 0.255 e. The van der Waals surface area contributed by atoms with Crippen LogP contribution in [0, 0.1) is 0 Å².